The molecule has 0 unspecified atom stereocenters. The average Bonchev–Trinajstić information content (AvgIpc) is 0.918. The summed E-state index contributed by atoms with van der Waals surface area (Å²) in [6, 6.07) is 0. The minimum absolute atomic E-state index is 0. The number of halogens is 2. The van der Waals surface area contributed by atoms with E-state index < -0.39 is 17.3 Å². The zero-order valence-corrected chi connectivity index (χ0v) is 8.29. The molecule has 0 atom stereocenters. The van der Waals surface area contributed by atoms with E-state index in [2.05, 4.69) is 0 Å². The van der Waals surface area contributed by atoms with Crippen molar-refractivity contribution in [1.82, 2.24) is 0 Å². The SMILES string of the molecule is [Cl-].[Cl-].[NH2-].[NH2-].[NH2-].[NH2-].[O]=[Os+2]=[O]. The molecular weight excluding hydrogens is 349 g/mol. The molecule has 9 heavy (non-hydrogen) atoms. The molecule has 0 saturated carbocycles. The molecule has 0 aromatic rings. The fourth-order valence-electron chi connectivity index (χ4n) is 0. The normalized spacial score (nSPS) is 1.33. The first kappa shape index (κ1) is 103. The van der Waals surface area contributed by atoms with Crippen molar-refractivity contribution in [1.29, 1.82) is 0 Å². The average molecular weight is 357 g/mol. The summed E-state index contributed by atoms with van der Waals surface area (Å²) in [6.45, 7) is 0. The van der Waals surface area contributed by atoms with Gasteiger partial charge in [-0.05, 0) is 0 Å². The van der Waals surface area contributed by atoms with Crippen molar-refractivity contribution in [2.75, 3.05) is 0 Å². The summed E-state index contributed by atoms with van der Waals surface area (Å²) in [4.78, 5) is 0. The third kappa shape index (κ3) is 890. The van der Waals surface area contributed by atoms with Gasteiger partial charge in [0.05, 0.1) is 0 Å². The van der Waals surface area contributed by atoms with Crippen LogP contribution in [0.25, 0.3) is 24.6 Å². The second kappa shape index (κ2) is 185. The van der Waals surface area contributed by atoms with Crippen LogP contribution < -0.4 is 24.8 Å². The molecular formula is H8Cl2N4O2Os-4. The topological polar surface area (TPSA) is 168 Å². The molecule has 66 valence electrons. The standard InChI is InChI=1S/2ClH.4H2N.2O.Os/h2*1H;4*1H2;;;/q;;4*-1;;;+2/p-2. The predicted octanol–water partition coefficient (Wildman–Crippen LogP) is -3.36. The number of nitrogens with two attached hydrogens (primary N) is 4. The van der Waals surface area contributed by atoms with Gasteiger partial charge in [0.1, 0.15) is 0 Å². The molecule has 0 spiro atoms. The first-order valence-corrected chi connectivity index (χ1v) is 2.36. The molecule has 0 aliphatic heterocycles. The summed E-state index contributed by atoms with van der Waals surface area (Å²) in [6.07, 6.45) is 0. The van der Waals surface area contributed by atoms with Crippen molar-refractivity contribution in [2.45, 2.75) is 0 Å². The molecule has 6 nitrogen and oxygen atoms in total. The van der Waals surface area contributed by atoms with Crippen LogP contribution in [0.4, 0.5) is 0 Å². The van der Waals surface area contributed by atoms with E-state index >= 15 is 0 Å². The van der Waals surface area contributed by atoms with Crippen LogP contribution >= 0.6 is 0 Å². The van der Waals surface area contributed by atoms with Crippen LogP contribution in [-0.2, 0) is 24.4 Å². The van der Waals surface area contributed by atoms with Crippen molar-refractivity contribution >= 4 is 0 Å². The van der Waals surface area contributed by atoms with E-state index in [0.29, 0.717) is 0 Å². The second-order valence-corrected chi connectivity index (χ2v) is 0.482. The van der Waals surface area contributed by atoms with Gasteiger partial charge in [-0.15, -0.1) is 0 Å². The maximum atomic E-state index is 8.51. The Hall–Kier alpha value is 0.656. The van der Waals surface area contributed by atoms with Gasteiger partial charge in [0.25, 0.3) is 0 Å². The van der Waals surface area contributed by atoms with Crippen LogP contribution in [-0.4, -0.2) is 0 Å². The summed E-state index contributed by atoms with van der Waals surface area (Å²) in [5, 5.41) is 0. The molecule has 9 heteroatoms. The molecule has 0 amide bonds. The van der Waals surface area contributed by atoms with E-state index in [9.17, 15) is 0 Å². The Balaban J connectivity index is -0.00000000133. The van der Waals surface area contributed by atoms with Crippen molar-refractivity contribution in [3.05, 3.63) is 24.6 Å². The molecule has 0 saturated heterocycles. The fraction of sp³-hybridized carbons (Fsp3) is 0. The van der Waals surface area contributed by atoms with Gasteiger partial charge in [0, 0.05) is 0 Å². The van der Waals surface area contributed by atoms with E-state index in [1.165, 1.54) is 0 Å². The molecule has 0 rings (SSSR count). The monoisotopic (exact) mass is 358 g/mol. The van der Waals surface area contributed by atoms with Crippen molar-refractivity contribution in [2.24, 2.45) is 0 Å². The van der Waals surface area contributed by atoms with Crippen LogP contribution in [0.15, 0.2) is 0 Å². The Morgan fingerprint density at radius 2 is 0.667 bits per heavy atom. The summed E-state index contributed by atoms with van der Waals surface area (Å²) in [7, 11) is 0. The molecule has 8 N–H and O–H groups in total. The Bertz CT molecular complexity index is 37.5. The molecule has 0 aliphatic carbocycles. The van der Waals surface area contributed by atoms with E-state index in [1.54, 1.807) is 0 Å². The Kier molecular flexibility index (Phi) is 2110. The second-order valence-electron chi connectivity index (χ2n) is 0.0589. The molecule has 0 aromatic carbocycles. The van der Waals surface area contributed by atoms with Gasteiger partial charge in [-0.2, -0.15) is 0 Å². The van der Waals surface area contributed by atoms with Crippen LogP contribution in [0, 0.1) is 0 Å². The van der Waals surface area contributed by atoms with Crippen molar-refractivity contribution < 1.29 is 49.2 Å². The van der Waals surface area contributed by atoms with Gasteiger partial charge in [-0.25, -0.2) is 0 Å². The third-order valence-corrected chi connectivity index (χ3v) is 0. The zero-order chi connectivity index (χ0) is 2.71. The van der Waals surface area contributed by atoms with Crippen LogP contribution in [0.2, 0.25) is 0 Å². The quantitative estimate of drug-likeness (QED) is 0.441. The number of rotatable bonds is 0. The van der Waals surface area contributed by atoms with Gasteiger partial charge in [-0.3, -0.25) is 0 Å². The van der Waals surface area contributed by atoms with Gasteiger partial charge >= 0.3 is 24.4 Å². The Morgan fingerprint density at radius 3 is 0.667 bits per heavy atom. The fourth-order valence-corrected chi connectivity index (χ4v) is 0. The molecule has 0 bridgehead atoms. The minimum atomic E-state index is -2.08. The van der Waals surface area contributed by atoms with Gasteiger partial charge in [0.15, 0.2) is 0 Å². The third-order valence-electron chi connectivity index (χ3n) is 0. The first-order valence-electron chi connectivity index (χ1n) is 0.289. The predicted molar refractivity (Wildman–Crippen MR) is 22.5 cm³/mol. The van der Waals surface area contributed by atoms with E-state index in [0.717, 1.165) is 0 Å². The molecule has 0 heterocycles. The van der Waals surface area contributed by atoms with E-state index in [4.69, 9.17) is 7.08 Å². The number of hydrogen-bond donors (Lipinski definition) is 0. The van der Waals surface area contributed by atoms with Gasteiger partial charge in [-0.1, -0.05) is 0 Å². The molecule has 0 radical (unpaired) electrons. The molecule has 0 fully saturated rings. The zero-order valence-electron chi connectivity index (χ0n) is 4.24. The maximum absolute atomic E-state index is 8.51. The van der Waals surface area contributed by atoms with E-state index in [-0.39, 0.29) is 49.4 Å². The first-order chi connectivity index (χ1) is 1.41. The van der Waals surface area contributed by atoms with Gasteiger partial charge < -0.3 is 49.4 Å². The van der Waals surface area contributed by atoms with Crippen molar-refractivity contribution in [3.8, 4) is 0 Å². The summed E-state index contributed by atoms with van der Waals surface area (Å²) in [5.74, 6) is 0. The summed E-state index contributed by atoms with van der Waals surface area (Å²) in [5.41, 5.74) is 0. The molecule has 0 aliphatic rings. The number of hydrogen-bond acceptors (Lipinski definition) is 2. The van der Waals surface area contributed by atoms with Gasteiger partial charge in [0.2, 0.25) is 0 Å². The Morgan fingerprint density at radius 1 is 0.667 bits per heavy atom. The summed E-state index contributed by atoms with van der Waals surface area (Å²) >= 11 is -2.08. The van der Waals surface area contributed by atoms with E-state index in [1.807, 2.05) is 0 Å². The summed E-state index contributed by atoms with van der Waals surface area (Å²) < 4.78 is 17.0. The van der Waals surface area contributed by atoms with Crippen LogP contribution in [0.5, 0.6) is 0 Å². The molecule has 0 aromatic heterocycles. The van der Waals surface area contributed by atoms with Crippen LogP contribution in [0.1, 0.15) is 0 Å². The van der Waals surface area contributed by atoms with Crippen molar-refractivity contribution in [3.63, 3.8) is 0 Å². The Labute approximate surface area is 74.0 Å². The van der Waals surface area contributed by atoms with Crippen LogP contribution in [0.3, 0.4) is 0 Å².